The number of rotatable bonds is 5. The van der Waals surface area contributed by atoms with Crippen LogP contribution in [0, 0.1) is 18.2 Å². The van der Waals surface area contributed by atoms with Crippen molar-refractivity contribution in [2.75, 3.05) is 6.54 Å². The minimum absolute atomic E-state index is 0.0482. The van der Waals surface area contributed by atoms with Crippen molar-refractivity contribution in [3.8, 4) is 12.3 Å². The van der Waals surface area contributed by atoms with Gasteiger partial charge in [-0.1, -0.05) is 38.8 Å². The molecule has 0 fully saturated rings. The zero-order chi connectivity index (χ0) is 12.9. The van der Waals surface area contributed by atoms with Crippen LogP contribution < -0.4 is 5.32 Å². The fourth-order valence-corrected chi connectivity index (χ4v) is 1.86. The molecule has 0 saturated carbocycles. The van der Waals surface area contributed by atoms with Gasteiger partial charge < -0.3 is 5.32 Å². The van der Waals surface area contributed by atoms with Crippen molar-refractivity contribution in [3.63, 3.8) is 0 Å². The van der Waals surface area contributed by atoms with Crippen molar-refractivity contribution in [1.82, 2.24) is 5.32 Å². The Kier molecular flexibility index (Phi) is 4.72. The lowest BCUT2D eigenvalue weighted by Gasteiger charge is -2.32. The Balaban J connectivity index is 2.91. The molecule has 0 aliphatic carbocycles. The maximum Gasteiger partial charge on any atom is 0.123 e. The highest BCUT2D eigenvalue weighted by molar-refractivity contribution is 5.30. The summed E-state index contributed by atoms with van der Waals surface area (Å²) in [5.41, 5.74) is 0.836. The second-order valence-electron chi connectivity index (χ2n) is 4.78. The highest BCUT2D eigenvalue weighted by atomic mass is 19.1. The second kappa shape index (κ2) is 5.84. The van der Waals surface area contributed by atoms with Crippen molar-refractivity contribution in [2.24, 2.45) is 0 Å². The van der Waals surface area contributed by atoms with E-state index in [9.17, 15) is 4.39 Å². The molecule has 1 nitrogen and oxygen atoms in total. The van der Waals surface area contributed by atoms with E-state index in [1.54, 1.807) is 12.1 Å². The lowest BCUT2D eigenvalue weighted by molar-refractivity contribution is 0.404. The molecule has 1 aromatic rings. The summed E-state index contributed by atoms with van der Waals surface area (Å²) in [6, 6.07) is 6.50. The average molecular weight is 233 g/mol. The third-order valence-corrected chi connectivity index (χ3v) is 3.08. The predicted molar refractivity (Wildman–Crippen MR) is 70.3 cm³/mol. The van der Waals surface area contributed by atoms with E-state index in [0.29, 0.717) is 0 Å². The normalized spacial score (nSPS) is 13.1. The van der Waals surface area contributed by atoms with E-state index in [0.717, 1.165) is 18.5 Å². The highest BCUT2D eigenvalue weighted by Gasteiger charge is 2.29. The smallest absolute Gasteiger partial charge is 0.123 e. The van der Waals surface area contributed by atoms with Gasteiger partial charge in [0.05, 0.1) is 6.04 Å². The zero-order valence-corrected chi connectivity index (χ0v) is 10.8. The molecular formula is C15H20FN. The summed E-state index contributed by atoms with van der Waals surface area (Å²) in [5.74, 6) is 2.57. The first-order valence-corrected chi connectivity index (χ1v) is 5.98. The molecule has 0 saturated heterocycles. The van der Waals surface area contributed by atoms with Gasteiger partial charge in [0, 0.05) is 5.41 Å². The molecule has 1 rings (SSSR count). The summed E-state index contributed by atoms with van der Waals surface area (Å²) < 4.78 is 12.9. The second-order valence-corrected chi connectivity index (χ2v) is 4.78. The van der Waals surface area contributed by atoms with E-state index in [4.69, 9.17) is 6.42 Å². The van der Waals surface area contributed by atoms with Gasteiger partial charge >= 0.3 is 0 Å². The molecule has 92 valence electrons. The van der Waals surface area contributed by atoms with Gasteiger partial charge in [-0.05, 0) is 30.7 Å². The lowest BCUT2D eigenvalue weighted by atomic mass is 9.78. The molecule has 0 aliphatic heterocycles. The quantitative estimate of drug-likeness (QED) is 0.771. The van der Waals surface area contributed by atoms with Crippen LogP contribution in [0.1, 0.15) is 32.8 Å². The van der Waals surface area contributed by atoms with E-state index < -0.39 is 0 Å². The predicted octanol–water partition coefficient (Wildman–Crippen LogP) is 3.10. The van der Waals surface area contributed by atoms with Crippen LogP contribution in [0.5, 0.6) is 0 Å². The molecule has 0 aliphatic rings. The molecule has 0 radical (unpaired) electrons. The van der Waals surface area contributed by atoms with Gasteiger partial charge in [0.25, 0.3) is 0 Å². The van der Waals surface area contributed by atoms with Gasteiger partial charge in [0.15, 0.2) is 0 Å². The van der Waals surface area contributed by atoms with Crippen LogP contribution in [0.4, 0.5) is 4.39 Å². The van der Waals surface area contributed by atoms with Crippen molar-refractivity contribution in [2.45, 2.75) is 38.6 Å². The Hall–Kier alpha value is -1.33. The van der Waals surface area contributed by atoms with E-state index >= 15 is 0 Å². The van der Waals surface area contributed by atoms with Gasteiger partial charge in [0.1, 0.15) is 5.82 Å². The number of hydrogen-bond donors (Lipinski definition) is 1. The maximum atomic E-state index is 12.9. The van der Waals surface area contributed by atoms with E-state index in [-0.39, 0.29) is 17.3 Å². The SMILES string of the molecule is C#CC(NCCC)C(C)(C)c1ccc(F)cc1. The number of benzene rings is 1. The van der Waals surface area contributed by atoms with Crippen LogP contribution in [-0.2, 0) is 5.41 Å². The summed E-state index contributed by atoms with van der Waals surface area (Å²) in [5, 5.41) is 3.34. The fourth-order valence-electron chi connectivity index (χ4n) is 1.86. The molecule has 1 aromatic carbocycles. The summed E-state index contributed by atoms with van der Waals surface area (Å²) in [6.45, 7) is 7.14. The molecule has 1 unspecified atom stereocenters. The van der Waals surface area contributed by atoms with Crippen molar-refractivity contribution in [1.29, 1.82) is 0 Å². The standard InChI is InChI=1S/C15H20FN/c1-5-11-17-14(6-2)15(3,4)12-7-9-13(16)10-8-12/h2,7-10,14,17H,5,11H2,1,3-4H3. The van der Waals surface area contributed by atoms with Crippen LogP contribution in [0.25, 0.3) is 0 Å². The molecule has 0 heterocycles. The summed E-state index contributed by atoms with van der Waals surface area (Å²) in [7, 11) is 0. The fraction of sp³-hybridized carbons (Fsp3) is 0.467. The zero-order valence-electron chi connectivity index (χ0n) is 10.8. The van der Waals surface area contributed by atoms with Crippen LogP contribution in [-0.4, -0.2) is 12.6 Å². The summed E-state index contributed by atoms with van der Waals surface area (Å²) in [6.07, 6.45) is 6.62. The van der Waals surface area contributed by atoms with E-state index in [1.807, 2.05) is 0 Å². The van der Waals surface area contributed by atoms with Gasteiger partial charge in [-0.25, -0.2) is 4.39 Å². The van der Waals surface area contributed by atoms with Crippen molar-refractivity contribution < 1.29 is 4.39 Å². The molecule has 0 spiro atoms. The highest BCUT2D eigenvalue weighted by Crippen LogP contribution is 2.27. The Labute approximate surface area is 103 Å². The largest absolute Gasteiger partial charge is 0.303 e. The topological polar surface area (TPSA) is 12.0 Å². The van der Waals surface area contributed by atoms with Gasteiger partial charge in [-0.2, -0.15) is 0 Å². The Morgan fingerprint density at radius 3 is 2.41 bits per heavy atom. The van der Waals surface area contributed by atoms with Crippen LogP contribution in [0.3, 0.4) is 0 Å². The Bertz CT molecular complexity index is 386. The van der Waals surface area contributed by atoms with Crippen LogP contribution in [0.15, 0.2) is 24.3 Å². The first-order chi connectivity index (χ1) is 8.02. The first kappa shape index (κ1) is 13.7. The Morgan fingerprint density at radius 1 is 1.35 bits per heavy atom. The maximum absolute atomic E-state index is 12.9. The molecule has 0 amide bonds. The van der Waals surface area contributed by atoms with Crippen LogP contribution >= 0.6 is 0 Å². The average Bonchev–Trinajstić information content (AvgIpc) is 2.30. The lowest BCUT2D eigenvalue weighted by Crippen LogP contribution is -2.44. The van der Waals surface area contributed by atoms with E-state index in [1.165, 1.54) is 12.1 Å². The summed E-state index contributed by atoms with van der Waals surface area (Å²) >= 11 is 0. The van der Waals surface area contributed by atoms with Gasteiger partial charge in [-0.3, -0.25) is 0 Å². The first-order valence-electron chi connectivity index (χ1n) is 5.98. The molecular weight excluding hydrogens is 213 g/mol. The van der Waals surface area contributed by atoms with E-state index in [2.05, 4.69) is 32.0 Å². The molecule has 1 N–H and O–H groups in total. The van der Waals surface area contributed by atoms with Crippen LogP contribution in [0.2, 0.25) is 0 Å². The number of terminal acetylenes is 1. The molecule has 0 bridgehead atoms. The number of nitrogens with one attached hydrogen (secondary N) is 1. The van der Waals surface area contributed by atoms with Crippen molar-refractivity contribution in [3.05, 3.63) is 35.6 Å². The third-order valence-electron chi connectivity index (χ3n) is 3.08. The summed E-state index contributed by atoms with van der Waals surface area (Å²) in [4.78, 5) is 0. The number of hydrogen-bond acceptors (Lipinski definition) is 1. The molecule has 0 aromatic heterocycles. The van der Waals surface area contributed by atoms with Gasteiger partial charge in [-0.15, -0.1) is 6.42 Å². The minimum atomic E-state index is -0.219. The molecule has 2 heteroatoms. The minimum Gasteiger partial charge on any atom is -0.303 e. The molecule has 17 heavy (non-hydrogen) atoms. The number of halogens is 1. The third kappa shape index (κ3) is 3.31. The van der Waals surface area contributed by atoms with Crippen molar-refractivity contribution >= 4 is 0 Å². The van der Waals surface area contributed by atoms with Gasteiger partial charge in [0.2, 0.25) is 0 Å². The molecule has 1 atom stereocenters. The monoisotopic (exact) mass is 233 g/mol. The Morgan fingerprint density at radius 2 is 1.94 bits per heavy atom.